The Morgan fingerprint density at radius 2 is 1.80 bits per heavy atom. The van der Waals surface area contributed by atoms with Crippen molar-refractivity contribution in [2.75, 3.05) is 5.32 Å². The summed E-state index contributed by atoms with van der Waals surface area (Å²) in [6.07, 6.45) is 1.99. The van der Waals surface area contributed by atoms with Crippen LogP contribution in [-0.2, 0) is 17.8 Å². The molecule has 0 fully saturated rings. The van der Waals surface area contributed by atoms with Gasteiger partial charge in [0.2, 0.25) is 5.91 Å². The Kier molecular flexibility index (Phi) is 4.35. The van der Waals surface area contributed by atoms with Crippen molar-refractivity contribution in [3.63, 3.8) is 0 Å². The van der Waals surface area contributed by atoms with Crippen molar-refractivity contribution in [3.8, 4) is 0 Å². The van der Waals surface area contributed by atoms with E-state index in [0.717, 1.165) is 45.3 Å². The molecule has 4 nitrogen and oxygen atoms in total. The summed E-state index contributed by atoms with van der Waals surface area (Å²) in [5.74, 6) is -0.0451. The predicted octanol–water partition coefficient (Wildman–Crippen LogP) is 6.36. The topological polar surface area (TPSA) is 47.2 Å². The molecule has 2 aromatic heterocycles. The van der Waals surface area contributed by atoms with E-state index in [4.69, 9.17) is 4.42 Å². The number of nitrogens with one attached hydrogen (secondary N) is 1. The number of furan rings is 1. The maximum atomic E-state index is 12.8. The molecule has 0 bridgehead atoms. The normalized spacial score (nSPS) is 11.6. The van der Waals surface area contributed by atoms with Gasteiger partial charge in [-0.05, 0) is 62.2 Å². The number of benzene rings is 3. The highest BCUT2D eigenvalue weighted by Crippen LogP contribution is 2.31. The molecule has 150 valence electrons. The van der Waals surface area contributed by atoms with Gasteiger partial charge in [0.15, 0.2) is 0 Å². The fourth-order valence-electron chi connectivity index (χ4n) is 4.61. The van der Waals surface area contributed by atoms with Crippen LogP contribution in [0.1, 0.15) is 23.6 Å². The Morgan fingerprint density at radius 1 is 1.00 bits per heavy atom. The van der Waals surface area contributed by atoms with Crippen LogP contribution in [0.2, 0.25) is 0 Å². The maximum absolute atomic E-state index is 12.8. The van der Waals surface area contributed by atoms with Crippen molar-refractivity contribution in [1.29, 1.82) is 0 Å². The molecule has 1 N–H and O–H groups in total. The van der Waals surface area contributed by atoms with Crippen molar-refractivity contribution in [3.05, 3.63) is 77.6 Å². The van der Waals surface area contributed by atoms with Gasteiger partial charge in [0.1, 0.15) is 5.58 Å². The van der Waals surface area contributed by atoms with Gasteiger partial charge in [-0.2, -0.15) is 0 Å². The highest BCUT2D eigenvalue weighted by molar-refractivity contribution is 6.10. The van der Waals surface area contributed by atoms with E-state index in [1.807, 2.05) is 19.1 Å². The van der Waals surface area contributed by atoms with Gasteiger partial charge < -0.3 is 14.3 Å². The third kappa shape index (κ3) is 2.96. The molecule has 0 aliphatic carbocycles. The number of carbonyl (C=O) groups is 1. The number of anilines is 1. The fourth-order valence-corrected chi connectivity index (χ4v) is 4.61. The van der Waals surface area contributed by atoms with E-state index in [-0.39, 0.29) is 12.3 Å². The Balaban J connectivity index is 1.46. The van der Waals surface area contributed by atoms with E-state index in [1.165, 1.54) is 16.4 Å². The van der Waals surface area contributed by atoms with Gasteiger partial charge in [-0.25, -0.2) is 0 Å². The van der Waals surface area contributed by atoms with E-state index >= 15 is 0 Å². The summed E-state index contributed by atoms with van der Waals surface area (Å²) in [6, 6.07) is 18.7. The molecule has 0 radical (unpaired) electrons. The molecule has 0 saturated heterocycles. The molecule has 5 rings (SSSR count). The number of amides is 1. The number of hydrogen-bond acceptors (Lipinski definition) is 2. The van der Waals surface area contributed by atoms with E-state index < -0.39 is 0 Å². The standard InChI is InChI=1S/C26H24N2O2/c1-4-28-22-8-6-5-7-20(22)21-14-19(9-10-23(21)28)27-25(29)13-18-15-30-24-12-16(2)11-17(3)26(18)24/h5-12,14-15H,4,13H2,1-3H3,(H,27,29). The van der Waals surface area contributed by atoms with Crippen LogP contribution in [0.5, 0.6) is 0 Å². The van der Waals surface area contributed by atoms with Crippen LogP contribution in [0, 0.1) is 13.8 Å². The van der Waals surface area contributed by atoms with Crippen LogP contribution in [0.15, 0.2) is 65.3 Å². The number of hydrogen-bond donors (Lipinski definition) is 1. The second-order valence-corrected chi connectivity index (χ2v) is 7.93. The Morgan fingerprint density at radius 3 is 2.63 bits per heavy atom. The minimum Gasteiger partial charge on any atom is -0.464 e. The Hall–Kier alpha value is -3.53. The van der Waals surface area contributed by atoms with E-state index in [9.17, 15) is 4.79 Å². The monoisotopic (exact) mass is 396 g/mol. The van der Waals surface area contributed by atoms with Gasteiger partial charge in [0, 0.05) is 45.0 Å². The number of rotatable bonds is 4. The Bertz CT molecular complexity index is 1420. The molecule has 0 unspecified atom stereocenters. The molecule has 4 heteroatoms. The quantitative estimate of drug-likeness (QED) is 0.384. The van der Waals surface area contributed by atoms with Crippen LogP contribution in [0.3, 0.4) is 0 Å². The largest absolute Gasteiger partial charge is 0.464 e. The summed E-state index contributed by atoms with van der Waals surface area (Å²) in [4.78, 5) is 12.8. The lowest BCUT2D eigenvalue weighted by Gasteiger charge is -2.07. The number of nitrogens with zero attached hydrogens (tertiary/aromatic N) is 1. The highest BCUT2D eigenvalue weighted by Gasteiger charge is 2.14. The second kappa shape index (κ2) is 7.06. The van der Waals surface area contributed by atoms with Crippen molar-refractivity contribution >= 4 is 44.4 Å². The average Bonchev–Trinajstić information content (AvgIpc) is 3.26. The van der Waals surface area contributed by atoms with Crippen molar-refractivity contribution in [2.24, 2.45) is 0 Å². The molecule has 5 aromatic rings. The fraction of sp³-hybridized carbons (Fsp3) is 0.192. The van der Waals surface area contributed by atoms with Gasteiger partial charge in [-0.1, -0.05) is 24.3 Å². The molecular weight excluding hydrogens is 372 g/mol. The lowest BCUT2D eigenvalue weighted by Crippen LogP contribution is -2.14. The second-order valence-electron chi connectivity index (χ2n) is 7.93. The van der Waals surface area contributed by atoms with Crippen LogP contribution < -0.4 is 5.32 Å². The molecule has 30 heavy (non-hydrogen) atoms. The average molecular weight is 396 g/mol. The molecule has 0 aliphatic rings. The summed E-state index contributed by atoms with van der Waals surface area (Å²) < 4.78 is 8.00. The molecule has 0 aliphatic heterocycles. The van der Waals surface area contributed by atoms with E-state index in [1.54, 1.807) is 6.26 Å². The molecule has 1 amide bonds. The number of carbonyl (C=O) groups excluding carboxylic acids is 1. The first-order chi connectivity index (χ1) is 14.5. The smallest absolute Gasteiger partial charge is 0.228 e. The van der Waals surface area contributed by atoms with Crippen molar-refractivity contribution < 1.29 is 9.21 Å². The maximum Gasteiger partial charge on any atom is 0.228 e. The predicted molar refractivity (Wildman–Crippen MR) is 123 cm³/mol. The third-order valence-corrected chi connectivity index (χ3v) is 5.82. The molecule has 0 atom stereocenters. The lowest BCUT2D eigenvalue weighted by atomic mass is 10.0. The molecule has 0 saturated carbocycles. The van der Waals surface area contributed by atoms with Crippen LogP contribution in [-0.4, -0.2) is 10.5 Å². The first-order valence-electron chi connectivity index (χ1n) is 10.3. The zero-order valence-electron chi connectivity index (χ0n) is 17.5. The van der Waals surface area contributed by atoms with Gasteiger partial charge in [-0.15, -0.1) is 0 Å². The first-order valence-corrected chi connectivity index (χ1v) is 10.3. The van der Waals surface area contributed by atoms with Crippen molar-refractivity contribution in [1.82, 2.24) is 4.57 Å². The number of aryl methyl sites for hydroxylation is 3. The minimum atomic E-state index is -0.0451. The summed E-state index contributed by atoms with van der Waals surface area (Å²) in [6.45, 7) is 7.17. The minimum absolute atomic E-state index is 0.0451. The summed E-state index contributed by atoms with van der Waals surface area (Å²) in [5.41, 5.74) is 7.26. The summed E-state index contributed by atoms with van der Waals surface area (Å²) in [7, 11) is 0. The van der Waals surface area contributed by atoms with Crippen LogP contribution >= 0.6 is 0 Å². The van der Waals surface area contributed by atoms with Gasteiger partial charge >= 0.3 is 0 Å². The molecular formula is C26H24N2O2. The van der Waals surface area contributed by atoms with Gasteiger partial charge in [0.25, 0.3) is 0 Å². The SMILES string of the molecule is CCn1c2ccccc2c2cc(NC(=O)Cc3coc4cc(C)cc(C)c34)ccc21. The zero-order chi connectivity index (χ0) is 20.8. The number of aromatic nitrogens is 1. The zero-order valence-corrected chi connectivity index (χ0v) is 17.5. The van der Waals surface area contributed by atoms with Gasteiger partial charge in [-0.3, -0.25) is 4.79 Å². The molecule has 3 aromatic carbocycles. The van der Waals surface area contributed by atoms with Crippen LogP contribution in [0.25, 0.3) is 32.8 Å². The number of fused-ring (bicyclic) bond motifs is 4. The summed E-state index contributed by atoms with van der Waals surface area (Å²) in [5, 5.41) is 6.47. The third-order valence-electron chi connectivity index (χ3n) is 5.82. The molecule has 2 heterocycles. The van der Waals surface area contributed by atoms with E-state index in [2.05, 4.69) is 66.2 Å². The highest BCUT2D eigenvalue weighted by atomic mass is 16.3. The number of para-hydroxylation sites is 1. The summed E-state index contributed by atoms with van der Waals surface area (Å²) >= 11 is 0. The lowest BCUT2D eigenvalue weighted by molar-refractivity contribution is -0.115. The van der Waals surface area contributed by atoms with Crippen molar-refractivity contribution in [2.45, 2.75) is 33.7 Å². The molecule has 0 spiro atoms. The first kappa shape index (κ1) is 18.5. The van der Waals surface area contributed by atoms with Gasteiger partial charge in [0.05, 0.1) is 12.7 Å². The van der Waals surface area contributed by atoms with Crippen LogP contribution in [0.4, 0.5) is 5.69 Å². The Labute approximate surface area is 175 Å². The van der Waals surface area contributed by atoms with E-state index in [0.29, 0.717) is 0 Å².